The number of aromatic nitrogens is 1. The standard InChI is InChI=1S/C19H21N3OS/c1-12-8-6-7-9-16(12)22-13(2)10-15(14(22)3)11-17-18(23)21(5)19(20-4)24-17/h6-11H,1-5H3/b17-11-,20-19?. The molecule has 1 aliphatic heterocycles. The van der Waals surface area contributed by atoms with Gasteiger partial charge in [-0.3, -0.25) is 14.7 Å². The van der Waals surface area contributed by atoms with Gasteiger partial charge in [0.15, 0.2) is 5.17 Å². The SMILES string of the molecule is CN=C1S/C(=C\c2cc(C)n(-c3ccccc3C)c2C)C(=O)N1C. The third-order valence-electron chi connectivity index (χ3n) is 4.31. The van der Waals surface area contributed by atoms with Gasteiger partial charge in [0, 0.05) is 31.2 Å². The van der Waals surface area contributed by atoms with Crippen molar-refractivity contribution >= 4 is 28.9 Å². The molecule has 2 aromatic rings. The first-order valence-corrected chi connectivity index (χ1v) is 8.65. The van der Waals surface area contributed by atoms with Gasteiger partial charge in [0.05, 0.1) is 4.91 Å². The van der Waals surface area contributed by atoms with Crippen LogP contribution in [-0.2, 0) is 4.79 Å². The van der Waals surface area contributed by atoms with Gasteiger partial charge in [0.2, 0.25) is 0 Å². The van der Waals surface area contributed by atoms with Crippen LogP contribution < -0.4 is 0 Å². The first kappa shape index (κ1) is 16.6. The van der Waals surface area contributed by atoms with Gasteiger partial charge in [-0.1, -0.05) is 18.2 Å². The highest BCUT2D eigenvalue weighted by Gasteiger charge is 2.30. The molecule has 4 nitrogen and oxygen atoms in total. The largest absolute Gasteiger partial charge is 0.318 e. The van der Waals surface area contributed by atoms with E-state index in [9.17, 15) is 4.79 Å². The van der Waals surface area contributed by atoms with Crippen LogP contribution in [0, 0.1) is 20.8 Å². The number of para-hydroxylation sites is 1. The second-order valence-electron chi connectivity index (χ2n) is 5.93. The first-order chi connectivity index (χ1) is 11.4. The highest BCUT2D eigenvalue weighted by atomic mass is 32.2. The van der Waals surface area contributed by atoms with Crippen LogP contribution in [0.15, 0.2) is 40.2 Å². The summed E-state index contributed by atoms with van der Waals surface area (Å²) < 4.78 is 2.24. The molecule has 0 unspecified atom stereocenters. The van der Waals surface area contributed by atoms with E-state index in [0.717, 1.165) is 22.1 Å². The number of hydrogen-bond donors (Lipinski definition) is 0. The summed E-state index contributed by atoms with van der Waals surface area (Å²) in [4.78, 5) is 18.8. The lowest BCUT2D eigenvalue weighted by Gasteiger charge is -2.12. The second kappa shape index (κ2) is 6.32. The summed E-state index contributed by atoms with van der Waals surface area (Å²) in [7, 11) is 3.47. The molecule has 124 valence electrons. The Hall–Kier alpha value is -2.27. The molecule has 2 heterocycles. The van der Waals surface area contributed by atoms with Crippen LogP contribution >= 0.6 is 11.8 Å². The number of rotatable bonds is 2. The van der Waals surface area contributed by atoms with Gasteiger partial charge < -0.3 is 4.57 Å². The number of amides is 1. The van der Waals surface area contributed by atoms with Gasteiger partial charge in [-0.05, 0) is 61.9 Å². The number of nitrogens with zero attached hydrogens (tertiary/aromatic N) is 3. The van der Waals surface area contributed by atoms with Crippen molar-refractivity contribution in [1.29, 1.82) is 0 Å². The Labute approximate surface area is 146 Å². The fourth-order valence-electron chi connectivity index (χ4n) is 3.01. The Morgan fingerprint density at radius 3 is 2.50 bits per heavy atom. The highest BCUT2D eigenvalue weighted by Crippen LogP contribution is 2.33. The average Bonchev–Trinajstić information content (AvgIpc) is 2.99. The van der Waals surface area contributed by atoms with E-state index >= 15 is 0 Å². The van der Waals surface area contributed by atoms with E-state index in [1.165, 1.54) is 23.0 Å². The van der Waals surface area contributed by atoms with Crippen molar-refractivity contribution in [1.82, 2.24) is 9.47 Å². The molecular formula is C19H21N3OS. The molecule has 1 amide bonds. The molecule has 0 N–H and O–H groups in total. The summed E-state index contributed by atoms with van der Waals surface area (Å²) in [5, 5.41) is 0.735. The average molecular weight is 339 g/mol. The number of carbonyl (C=O) groups is 1. The topological polar surface area (TPSA) is 37.6 Å². The number of benzene rings is 1. The minimum atomic E-state index is 0.00120. The lowest BCUT2D eigenvalue weighted by molar-refractivity contribution is -0.121. The maximum absolute atomic E-state index is 12.4. The third-order valence-corrected chi connectivity index (χ3v) is 5.46. The van der Waals surface area contributed by atoms with Crippen LogP contribution in [0.2, 0.25) is 0 Å². The van der Waals surface area contributed by atoms with Gasteiger partial charge in [-0.15, -0.1) is 0 Å². The fourth-order valence-corrected chi connectivity index (χ4v) is 3.93. The quantitative estimate of drug-likeness (QED) is 0.777. The van der Waals surface area contributed by atoms with E-state index in [1.54, 1.807) is 19.0 Å². The molecule has 0 aliphatic carbocycles. The van der Waals surface area contributed by atoms with E-state index in [0.29, 0.717) is 4.91 Å². The van der Waals surface area contributed by atoms with Gasteiger partial charge in [0.1, 0.15) is 0 Å². The Morgan fingerprint density at radius 1 is 1.17 bits per heavy atom. The molecule has 5 heteroatoms. The lowest BCUT2D eigenvalue weighted by atomic mass is 10.2. The van der Waals surface area contributed by atoms with Crippen LogP contribution in [-0.4, -0.2) is 34.6 Å². The molecule has 0 spiro atoms. The summed E-state index contributed by atoms with van der Waals surface area (Å²) in [6.45, 7) is 6.30. The summed E-state index contributed by atoms with van der Waals surface area (Å²) in [5.41, 5.74) is 5.76. The molecule has 1 aromatic heterocycles. The molecule has 0 bridgehead atoms. The number of amidine groups is 1. The second-order valence-corrected chi connectivity index (χ2v) is 6.94. The molecular weight excluding hydrogens is 318 g/mol. The van der Waals surface area contributed by atoms with Crippen molar-refractivity contribution in [3.05, 3.63) is 57.8 Å². The molecule has 1 aromatic carbocycles. The number of thioether (sulfide) groups is 1. The number of aliphatic imine (C=N–C) groups is 1. The number of hydrogen-bond acceptors (Lipinski definition) is 3. The molecule has 1 aliphatic rings. The van der Waals surface area contributed by atoms with Crippen LogP contribution in [0.4, 0.5) is 0 Å². The molecule has 0 radical (unpaired) electrons. The van der Waals surface area contributed by atoms with Crippen molar-refractivity contribution < 1.29 is 4.79 Å². The normalized spacial score (nSPS) is 18.2. The number of carbonyl (C=O) groups excluding carboxylic acids is 1. The van der Waals surface area contributed by atoms with Crippen molar-refractivity contribution in [3.8, 4) is 5.69 Å². The maximum atomic E-state index is 12.4. The van der Waals surface area contributed by atoms with E-state index in [4.69, 9.17) is 0 Å². The van der Waals surface area contributed by atoms with Gasteiger partial charge in [-0.2, -0.15) is 0 Å². The van der Waals surface area contributed by atoms with E-state index < -0.39 is 0 Å². The van der Waals surface area contributed by atoms with Crippen LogP contribution in [0.1, 0.15) is 22.5 Å². The van der Waals surface area contributed by atoms with Crippen molar-refractivity contribution in [2.45, 2.75) is 20.8 Å². The zero-order valence-electron chi connectivity index (χ0n) is 14.6. The Morgan fingerprint density at radius 2 is 1.88 bits per heavy atom. The Kier molecular flexibility index (Phi) is 4.37. The van der Waals surface area contributed by atoms with Crippen molar-refractivity contribution in [2.24, 2.45) is 4.99 Å². The molecule has 24 heavy (non-hydrogen) atoms. The smallest absolute Gasteiger partial charge is 0.266 e. The predicted octanol–water partition coefficient (Wildman–Crippen LogP) is 3.93. The number of likely N-dealkylation sites (N-methyl/N-ethyl adjacent to an activating group) is 1. The van der Waals surface area contributed by atoms with Crippen LogP contribution in [0.3, 0.4) is 0 Å². The van der Waals surface area contributed by atoms with Crippen LogP contribution in [0.5, 0.6) is 0 Å². The zero-order valence-corrected chi connectivity index (χ0v) is 15.4. The van der Waals surface area contributed by atoms with Crippen molar-refractivity contribution in [2.75, 3.05) is 14.1 Å². The first-order valence-electron chi connectivity index (χ1n) is 7.83. The minimum absolute atomic E-state index is 0.00120. The molecule has 1 fully saturated rings. The molecule has 3 rings (SSSR count). The van der Waals surface area contributed by atoms with E-state index in [2.05, 4.69) is 54.6 Å². The van der Waals surface area contributed by atoms with E-state index in [-0.39, 0.29) is 5.91 Å². The van der Waals surface area contributed by atoms with E-state index in [1.807, 2.05) is 12.1 Å². The van der Waals surface area contributed by atoms with Gasteiger partial charge in [-0.25, -0.2) is 0 Å². The molecule has 1 saturated heterocycles. The summed E-state index contributed by atoms with van der Waals surface area (Å²) >= 11 is 1.42. The fraction of sp³-hybridized carbons (Fsp3) is 0.263. The summed E-state index contributed by atoms with van der Waals surface area (Å²) in [6, 6.07) is 10.5. The predicted molar refractivity (Wildman–Crippen MR) is 102 cm³/mol. The number of aryl methyl sites for hydroxylation is 2. The third kappa shape index (κ3) is 2.69. The monoisotopic (exact) mass is 339 g/mol. The Balaban J connectivity index is 2.07. The van der Waals surface area contributed by atoms with Gasteiger partial charge in [0.25, 0.3) is 5.91 Å². The lowest BCUT2D eigenvalue weighted by Crippen LogP contribution is -2.23. The van der Waals surface area contributed by atoms with Crippen molar-refractivity contribution in [3.63, 3.8) is 0 Å². The Bertz CT molecular complexity index is 877. The molecule has 0 atom stereocenters. The molecule has 0 saturated carbocycles. The summed E-state index contributed by atoms with van der Waals surface area (Å²) in [5.74, 6) is 0.00120. The van der Waals surface area contributed by atoms with Gasteiger partial charge >= 0.3 is 0 Å². The highest BCUT2D eigenvalue weighted by molar-refractivity contribution is 8.18. The maximum Gasteiger partial charge on any atom is 0.266 e. The zero-order chi connectivity index (χ0) is 17.4. The summed E-state index contributed by atoms with van der Waals surface area (Å²) in [6.07, 6.45) is 1.97. The van der Waals surface area contributed by atoms with Crippen LogP contribution in [0.25, 0.3) is 11.8 Å². The minimum Gasteiger partial charge on any atom is -0.318 e.